The van der Waals surface area contributed by atoms with Crippen LogP contribution in [0.1, 0.15) is 25.3 Å². The maximum Gasteiger partial charge on any atom is 0.306 e. The normalized spacial score (nSPS) is 16.3. The number of sulfonamides is 1. The molecule has 164 valence electrons. The summed E-state index contributed by atoms with van der Waals surface area (Å²) in [4.78, 5) is 28.5. The number of amidine groups is 1. The van der Waals surface area contributed by atoms with Crippen LogP contribution in [0.5, 0.6) is 0 Å². The molecule has 0 aromatic heterocycles. The van der Waals surface area contributed by atoms with E-state index in [0.29, 0.717) is 12.0 Å². The Labute approximate surface area is 183 Å². The van der Waals surface area contributed by atoms with Gasteiger partial charge in [-0.3, -0.25) is 19.3 Å². The highest BCUT2D eigenvalue weighted by molar-refractivity contribution is 7.90. The number of esters is 1. The van der Waals surface area contributed by atoms with Crippen LogP contribution in [0, 0.1) is 5.82 Å². The molecule has 0 spiro atoms. The van der Waals surface area contributed by atoms with Crippen molar-refractivity contribution in [1.82, 2.24) is 4.72 Å². The number of halogens is 2. The fraction of sp³-hybridized carbons (Fsp3) is 0.250. The summed E-state index contributed by atoms with van der Waals surface area (Å²) in [5.74, 6) is -1.53. The van der Waals surface area contributed by atoms with Gasteiger partial charge in [-0.1, -0.05) is 23.7 Å². The molecule has 0 unspecified atom stereocenters. The fourth-order valence-electron chi connectivity index (χ4n) is 2.80. The number of hydrogen-bond acceptors (Lipinski definition) is 6. The summed E-state index contributed by atoms with van der Waals surface area (Å²) in [5, 5.41) is 2.49. The van der Waals surface area contributed by atoms with E-state index < -0.39 is 33.8 Å². The number of carbonyl (C=O) groups excluding carboxylic acids is 2. The molecule has 1 aliphatic heterocycles. The summed E-state index contributed by atoms with van der Waals surface area (Å²) in [6.07, 6.45) is -0.807. The van der Waals surface area contributed by atoms with Crippen LogP contribution >= 0.6 is 11.6 Å². The van der Waals surface area contributed by atoms with Gasteiger partial charge in [0.1, 0.15) is 11.7 Å². The van der Waals surface area contributed by atoms with Gasteiger partial charge in [-0.15, -0.1) is 0 Å². The first-order chi connectivity index (χ1) is 14.7. The number of rotatable bonds is 7. The lowest BCUT2D eigenvalue weighted by molar-refractivity contribution is -0.153. The average Bonchev–Trinajstić information content (AvgIpc) is 2.98. The Hall–Kier alpha value is -2.98. The van der Waals surface area contributed by atoms with Crippen LogP contribution in [0.25, 0.3) is 0 Å². The molecular formula is C20H19ClFN3O5S. The van der Waals surface area contributed by atoms with Crippen molar-refractivity contribution < 1.29 is 27.1 Å². The first-order valence-electron chi connectivity index (χ1n) is 9.29. The lowest BCUT2D eigenvalue weighted by Gasteiger charge is -2.14. The van der Waals surface area contributed by atoms with Crippen molar-refractivity contribution in [3.8, 4) is 0 Å². The number of anilines is 1. The van der Waals surface area contributed by atoms with E-state index >= 15 is 0 Å². The molecule has 3 rings (SSSR count). The summed E-state index contributed by atoms with van der Waals surface area (Å²) in [7, 11) is -3.61. The number of carbonyl (C=O) groups is 2. The summed E-state index contributed by atoms with van der Waals surface area (Å²) in [6.45, 7) is 1.59. The maximum atomic E-state index is 13.1. The van der Waals surface area contributed by atoms with Crippen LogP contribution in [0.4, 0.5) is 10.1 Å². The van der Waals surface area contributed by atoms with E-state index in [1.807, 2.05) is 0 Å². The van der Waals surface area contributed by atoms with Gasteiger partial charge in [-0.2, -0.15) is 0 Å². The second-order valence-corrected chi connectivity index (χ2v) is 8.74. The van der Waals surface area contributed by atoms with E-state index in [4.69, 9.17) is 16.3 Å². The second kappa shape index (κ2) is 9.44. The van der Waals surface area contributed by atoms with Crippen molar-refractivity contribution in [2.45, 2.75) is 30.8 Å². The van der Waals surface area contributed by atoms with Crippen LogP contribution in [0.3, 0.4) is 0 Å². The molecule has 0 fully saturated rings. The minimum absolute atomic E-state index is 0.0138. The molecule has 8 nitrogen and oxygen atoms in total. The Kier molecular flexibility index (Phi) is 6.91. The summed E-state index contributed by atoms with van der Waals surface area (Å²) in [6, 6.07) is 9.97. The molecule has 1 aliphatic rings. The Bertz CT molecular complexity index is 1150. The standard InChI is InChI=1S/C20H19ClFN3O5S/c1-12(20(27)24-16-9-8-13(22)11-15(16)21)30-18(26)7-4-10-23-19-14-5-2-3-6-17(14)31(28,29)25-19/h2-3,5-6,8-9,11-12H,4,7,10H2,1H3,(H,23,25)(H,24,27)/t12-/m1/s1. The number of ether oxygens (including phenoxy) is 1. The van der Waals surface area contributed by atoms with Crippen molar-refractivity contribution >= 4 is 45.0 Å². The van der Waals surface area contributed by atoms with Gasteiger partial charge in [0.25, 0.3) is 15.9 Å². The molecule has 2 aromatic carbocycles. The third kappa shape index (κ3) is 5.59. The van der Waals surface area contributed by atoms with E-state index in [1.165, 1.54) is 19.1 Å². The van der Waals surface area contributed by atoms with Gasteiger partial charge in [-0.05, 0) is 43.7 Å². The van der Waals surface area contributed by atoms with Gasteiger partial charge >= 0.3 is 5.97 Å². The zero-order valence-electron chi connectivity index (χ0n) is 16.4. The average molecular weight is 468 g/mol. The van der Waals surface area contributed by atoms with E-state index in [0.717, 1.165) is 12.1 Å². The van der Waals surface area contributed by atoms with Crippen molar-refractivity contribution in [2.24, 2.45) is 4.99 Å². The van der Waals surface area contributed by atoms with Gasteiger partial charge in [0.05, 0.1) is 15.6 Å². The Morgan fingerprint density at radius 1 is 1.26 bits per heavy atom. The molecule has 2 N–H and O–H groups in total. The van der Waals surface area contributed by atoms with Crippen molar-refractivity contribution in [3.63, 3.8) is 0 Å². The van der Waals surface area contributed by atoms with Gasteiger partial charge in [-0.25, -0.2) is 12.8 Å². The minimum atomic E-state index is -3.61. The first kappa shape index (κ1) is 22.7. The molecule has 0 saturated carbocycles. The molecule has 0 radical (unpaired) electrons. The number of hydrogen-bond donors (Lipinski definition) is 2. The van der Waals surface area contributed by atoms with E-state index in [-0.39, 0.29) is 34.4 Å². The number of aliphatic imine (C=N–C) groups is 1. The number of fused-ring (bicyclic) bond motifs is 1. The smallest absolute Gasteiger partial charge is 0.306 e. The second-order valence-electron chi connectivity index (χ2n) is 6.68. The molecule has 1 atom stereocenters. The lowest BCUT2D eigenvalue weighted by Crippen LogP contribution is -2.30. The monoisotopic (exact) mass is 467 g/mol. The maximum absolute atomic E-state index is 13.1. The largest absolute Gasteiger partial charge is 0.453 e. The summed E-state index contributed by atoms with van der Waals surface area (Å²) < 4.78 is 44.6. The Morgan fingerprint density at radius 3 is 2.74 bits per heavy atom. The number of amides is 1. The fourth-order valence-corrected chi connectivity index (χ4v) is 4.27. The topological polar surface area (TPSA) is 114 Å². The van der Waals surface area contributed by atoms with Crippen LogP contribution < -0.4 is 10.0 Å². The lowest BCUT2D eigenvalue weighted by atomic mass is 10.2. The quantitative estimate of drug-likeness (QED) is 0.480. The Morgan fingerprint density at radius 2 is 2.00 bits per heavy atom. The first-order valence-corrected chi connectivity index (χ1v) is 11.2. The zero-order chi connectivity index (χ0) is 22.6. The van der Waals surface area contributed by atoms with Gasteiger partial charge in [0.15, 0.2) is 6.10 Å². The predicted molar refractivity (Wildman–Crippen MR) is 113 cm³/mol. The SMILES string of the molecule is C[C@@H](OC(=O)CCCN=C1NS(=O)(=O)c2ccccc21)C(=O)Nc1ccc(F)cc1Cl. The molecular weight excluding hydrogens is 449 g/mol. The van der Waals surface area contributed by atoms with E-state index in [2.05, 4.69) is 15.0 Å². The number of nitrogens with zero attached hydrogens (tertiary/aromatic N) is 1. The van der Waals surface area contributed by atoms with Crippen molar-refractivity contribution in [1.29, 1.82) is 0 Å². The van der Waals surface area contributed by atoms with Crippen LogP contribution in [-0.2, 0) is 24.3 Å². The van der Waals surface area contributed by atoms with Gasteiger partial charge in [0, 0.05) is 18.5 Å². The minimum Gasteiger partial charge on any atom is -0.453 e. The molecule has 31 heavy (non-hydrogen) atoms. The summed E-state index contributed by atoms with van der Waals surface area (Å²) in [5.41, 5.74) is 0.681. The molecule has 1 heterocycles. The van der Waals surface area contributed by atoms with Crippen molar-refractivity contribution in [2.75, 3.05) is 11.9 Å². The van der Waals surface area contributed by atoms with Gasteiger partial charge < -0.3 is 10.1 Å². The van der Waals surface area contributed by atoms with E-state index in [9.17, 15) is 22.4 Å². The molecule has 0 bridgehead atoms. The molecule has 2 aromatic rings. The molecule has 0 aliphatic carbocycles. The van der Waals surface area contributed by atoms with Crippen LogP contribution in [0.2, 0.25) is 5.02 Å². The molecule has 1 amide bonds. The summed E-state index contributed by atoms with van der Waals surface area (Å²) >= 11 is 5.85. The Balaban J connectivity index is 1.47. The molecule has 0 saturated heterocycles. The van der Waals surface area contributed by atoms with Gasteiger partial charge in [0.2, 0.25) is 0 Å². The third-order valence-electron chi connectivity index (χ3n) is 4.34. The van der Waals surface area contributed by atoms with Crippen LogP contribution in [0.15, 0.2) is 52.4 Å². The molecule has 11 heteroatoms. The third-order valence-corrected chi connectivity index (χ3v) is 6.05. The van der Waals surface area contributed by atoms with Crippen molar-refractivity contribution in [3.05, 3.63) is 58.9 Å². The number of benzene rings is 2. The number of nitrogens with one attached hydrogen (secondary N) is 2. The van der Waals surface area contributed by atoms with E-state index in [1.54, 1.807) is 18.2 Å². The predicted octanol–water partition coefficient (Wildman–Crippen LogP) is 2.87. The highest BCUT2D eigenvalue weighted by Crippen LogP contribution is 2.23. The zero-order valence-corrected chi connectivity index (χ0v) is 18.0. The highest BCUT2D eigenvalue weighted by Gasteiger charge is 2.29. The van der Waals surface area contributed by atoms with Crippen LogP contribution in [-0.4, -0.2) is 38.8 Å². The highest BCUT2D eigenvalue weighted by atomic mass is 35.5.